The van der Waals surface area contributed by atoms with Gasteiger partial charge in [-0.05, 0) is 24.1 Å². The quantitative estimate of drug-likeness (QED) is 0.829. The number of aryl methyl sites for hydroxylation is 1. The lowest BCUT2D eigenvalue weighted by Crippen LogP contribution is -2.41. The fraction of sp³-hybridized carbons (Fsp3) is 0.368. The van der Waals surface area contributed by atoms with Gasteiger partial charge in [0.1, 0.15) is 6.10 Å². The lowest BCUT2D eigenvalue weighted by atomic mass is 10.1. The molecule has 3 rings (SSSR count). The molecule has 0 spiro atoms. The second-order valence-electron chi connectivity index (χ2n) is 5.96. The summed E-state index contributed by atoms with van der Waals surface area (Å²) in [6.45, 7) is 1.47. The van der Waals surface area contributed by atoms with Crippen LogP contribution in [0.25, 0.3) is 0 Å². The number of carbonyl (C=O) groups excluding carboxylic acids is 1. The Morgan fingerprint density at radius 2 is 1.92 bits per heavy atom. The van der Waals surface area contributed by atoms with E-state index in [9.17, 15) is 4.79 Å². The Balaban J connectivity index is 1.44. The minimum Gasteiger partial charge on any atom is -0.474 e. The molecule has 1 saturated heterocycles. The van der Waals surface area contributed by atoms with Crippen molar-refractivity contribution in [3.8, 4) is 5.88 Å². The maximum absolute atomic E-state index is 12.4. The monoisotopic (exact) mass is 344 g/mol. The van der Waals surface area contributed by atoms with Gasteiger partial charge in [-0.2, -0.15) is 0 Å². The largest absolute Gasteiger partial charge is 0.474 e. The third-order valence-electron chi connectivity index (χ3n) is 4.29. The SMILES string of the molecule is O=C(CCc1ccccc1Cl)N1CCC(Oc2ccccn2)CC1. The van der Waals surface area contributed by atoms with E-state index in [-0.39, 0.29) is 12.0 Å². The fourth-order valence-corrected chi connectivity index (χ4v) is 3.14. The Morgan fingerprint density at radius 3 is 2.62 bits per heavy atom. The highest BCUT2D eigenvalue weighted by molar-refractivity contribution is 6.31. The van der Waals surface area contributed by atoms with Crippen LogP contribution in [-0.4, -0.2) is 35.0 Å². The molecule has 0 atom stereocenters. The smallest absolute Gasteiger partial charge is 0.222 e. The molecule has 2 heterocycles. The van der Waals surface area contributed by atoms with Gasteiger partial charge in [0.25, 0.3) is 0 Å². The average molecular weight is 345 g/mol. The Morgan fingerprint density at radius 1 is 1.17 bits per heavy atom. The van der Waals surface area contributed by atoms with Crippen LogP contribution in [0.5, 0.6) is 5.88 Å². The normalized spacial score (nSPS) is 15.3. The van der Waals surface area contributed by atoms with Crippen LogP contribution in [0.1, 0.15) is 24.8 Å². The number of likely N-dealkylation sites (tertiary alicyclic amines) is 1. The van der Waals surface area contributed by atoms with Crippen LogP contribution in [0.15, 0.2) is 48.7 Å². The molecule has 0 N–H and O–H groups in total. The molecule has 2 aromatic rings. The number of rotatable bonds is 5. The highest BCUT2D eigenvalue weighted by Gasteiger charge is 2.24. The van der Waals surface area contributed by atoms with E-state index in [0.29, 0.717) is 18.7 Å². The molecule has 1 fully saturated rings. The van der Waals surface area contributed by atoms with Gasteiger partial charge in [-0.15, -0.1) is 0 Å². The van der Waals surface area contributed by atoms with Crippen molar-refractivity contribution in [1.29, 1.82) is 0 Å². The molecular formula is C19H21ClN2O2. The summed E-state index contributed by atoms with van der Waals surface area (Å²) in [5.41, 5.74) is 1.03. The van der Waals surface area contributed by atoms with Crippen LogP contribution in [-0.2, 0) is 11.2 Å². The predicted molar refractivity (Wildman–Crippen MR) is 94.2 cm³/mol. The van der Waals surface area contributed by atoms with Crippen molar-refractivity contribution in [1.82, 2.24) is 9.88 Å². The van der Waals surface area contributed by atoms with Crippen molar-refractivity contribution >= 4 is 17.5 Å². The van der Waals surface area contributed by atoms with Crippen molar-refractivity contribution in [3.05, 3.63) is 59.2 Å². The van der Waals surface area contributed by atoms with E-state index in [1.54, 1.807) is 6.20 Å². The van der Waals surface area contributed by atoms with Crippen LogP contribution >= 0.6 is 11.6 Å². The number of amides is 1. The Labute approximate surface area is 147 Å². The zero-order valence-electron chi connectivity index (χ0n) is 13.5. The van der Waals surface area contributed by atoms with Crippen LogP contribution in [0.2, 0.25) is 5.02 Å². The van der Waals surface area contributed by atoms with Crippen LogP contribution in [0, 0.1) is 0 Å². The molecule has 0 radical (unpaired) electrons. The van der Waals surface area contributed by atoms with Gasteiger partial charge in [-0.3, -0.25) is 4.79 Å². The summed E-state index contributed by atoms with van der Waals surface area (Å²) >= 11 is 6.14. The number of pyridine rings is 1. The highest BCUT2D eigenvalue weighted by Crippen LogP contribution is 2.20. The molecule has 4 nitrogen and oxygen atoms in total. The van der Waals surface area contributed by atoms with Crippen LogP contribution < -0.4 is 4.74 Å². The first-order chi connectivity index (χ1) is 11.7. The highest BCUT2D eigenvalue weighted by atomic mass is 35.5. The second kappa shape index (κ2) is 8.15. The molecule has 0 saturated carbocycles. The van der Waals surface area contributed by atoms with Crippen LogP contribution in [0.3, 0.4) is 0 Å². The Hall–Kier alpha value is -2.07. The van der Waals surface area contributed by atoms with Gasteiger partial charge in [0.2, 0.25) is 11.8 Å². The first kappa shape index (κ1) is 16.8. The lowest BCUT2D eigenvalue weighted by Gasteiger charge is -2.32. The van der Waals surface area contributed by atoms with E-state index in [1.165, 1.54) is 0 Å². The summed E-state index contributed by atoms with van der Waals surface area (Å²) < 4.78 is 5.86. The fourth-order valence-electron chi connectivity index (χ4n) is 2.91. The van der Waals surface area contributed by atoms with Crippen molar-refractivity contribution in [2.24, 2.45) is 0 Å². The van der Waals surface area contributed by atoms with E-state index in [1.807, 2.05) is 47.4 Å². The van der Waals surface area contributed by atoms with Crippen molar-refractivity contribution < 1.29 is 9.53 Å². The molecule has 5 heteroatoms. The van der Waals surface area contributed by atoms with E-state index in [2.05, 4.69) is 4.98 Å². The number of benzene rings is 1. The summed E-state index contributed by atoms with van der Waals surface area (Å²) in [6, 6.07) is 13.3. The lowest BCUT2D eigenvalue weighted by molar-refractivity contribution is -0.132. The topological polar surface area (TPSA) is 42.4 Å². The van der Waals surface area contributed by atoms with Gasteiger partial charge >= 0.3 is 0 Å². The number of piperidine rings is 1. The van der Waals surface area contributed by atoms with E-state index < -0.39 is 0 Å². The number of aromatic nitrogens is 1. The number of hydrogen-bond donors (Lipinski definition) is 0. The van der Waals surface area contributed by atoms with Crippen molar-refractivity contribution in [2.75, 3.05) is 13.1 Å². The Bertz CT molecular complexity index is 670. The number of ether oxygens (including phenoxy) is 1. The molecule has 0 unspecified atom stereocenters. The summed E-state index contributed by atoms with van der Waals surface area (Å²) in [7, 11) is 0. The molecule has 24 heavy (non-hydrogen) atoms. The molecule has 1 amide bonds. The number of carbonyl (C=O) groups is 1. The van der Waals surface area contributed by atoms with Crippen LogP contribution in [0.4, 0.5) is 0 Å². The van der Waals surface area contributed by atoms with Gasteiger partial charge in [0, 0.05) is 49.6 Å². The number of halogens is 1. The van der Waals surface area contributed by atoms with E-state index >= 15 is 0 Å². The number of hydrogen-bond acceptors (Lipinski definition) is 3. The van der Waals surface area contributed by atoms with Crippen molar-refractivity contribution in [2.45, 2.75) is 31.8 Å². The summed E-state index contributed by atoms with van der Waals surface area (Å²) in [5, 5.41) is 0.729. The standard InChI is InChI=1S/C19H21ClN2O2/c20-17-6-2-1-5-15(17)8-9-19(23)22-13-10-16(11-14-22)24-18-7-3-4-12-21-18/h1-7,12,16H,8-11,13-14H2. The van der Waals surface area contributed by atoms with Gasteiger partial charge in [0.15, 0.2) is 0 Å². The molecule has 1 aliphatic heterocycles. The van der Waals surface area contributed by atoms with Gasteiger partial charge in [-0.1, -0.05) is 35.9 Å². The third kappa shape index (κ3) is 4.48. The third-order valence-corrected chi connectivity index (χ3v) is 4.65. The maximum Gasteiger partial charge on any atom is 0.222 e. The first-order valence-electron chi connectivity index (χ1n) is 8.31. The van der Waals surface area contributed by atoms with Gasteiger partial charge in [0.05, 0.1) is 0 Å². The summed E-state index contributed by atoms with van der Waals surface area (Å²) in [6.07, 6.45) is 4.72. The predicted octanol–water partition coefficient (Wildman–Crippen LogP) is 3.74. The molecule has 1 aliphatic rings. The van der Waals surface area contributed by atoms with Crippen molar-refractivity contribution in [3.63, 3.8) is 0 Å². The first-order valence-corrected chi connectivity index (χ1v) is 8.69. The molecule has 1 aromatic heterocycles. The maximum atomic E-state index is 12.4. The summed E-state index contributed by atoms with van der Waals surface area (Å²) in [4.78, 5) is 18.5. The summed E-state index contributed by atoms with van der Waals surface area (Å²) in [5.74, 6) is 0.840. The average Bonchev–Trinajstić information content (AvgIpc) is 2.62. The van der Waals surface area contributed by atoms with Gasteiger partial charge < -0.3 is 9.64 Å². The minimum atomic E-state index is 0.132. The molecule has 1 aromatic carbocycles. The second-order valence-corrected chi connectivity index (χ2v) is 6.36. The minimum absolute atomic E-state index is 0.132. The zero-order chi connectivity index (χ0) is 16.8. The van der Waals surface area contributed by atoms with Gasteiger partial charge in [-0.25, -0.2) is 4.98 Å². The molecule has 0 bridgehead atoms. The zero-order valence-corrected chi connectivity index (χ0v) is 14.3. The Kier molecular flexibility index (Phi) is 5.70. The van der Waals surface area contributed by atoms with E-state index in [0.717, 1.165) is 36.5 Å². The van der Waals surface area contributed by atoms with E-state index in [4.69, 9.17) is 16.3 Å². The molecular weight excluding hydrogens is 324 g/mol. The molecule has 0 aliphatic carbocycles. The number of nitrogens with zero attached hydrogens (tertiary/aromatic N) is 2. The molecule has 126 valence electrons.